The first kappa shape index (κ1) is 19.2. The van der Waals surface area contributed by atoms with Crippen LogP contribution in [0, 0.1) is 11.8 Å². The Morgan fingerprint density at radius 3 is 2.32 bits per heavy atom. The van der Waals surface area contributed by atoms with E-state index >= 15 is 0 Å². The number of hydrogen-bond donors (Lipinski definition) is 1. The highest BCUT2D eigenvalue weighted by Crippen LogP contribution is 2.30. The van der Waals surface area contributed by atoms with Crippen LogP contribution < -0.4 is 0 Å². The minimum atomic E-state index is 0.0825. The van der Waals surface area contributed by atoms with Gasteiger partial charge in [0.2, 0.25) is 0 Å². The van der Waals surface area contributed by atoms with Crippen molar-refractivity contribution in [3.8, 4) is 11.1 Å². The van der Waals surface area contributed by atoms with Gasteiger partial charge in [-0.2, -0.15) is 0 Å². The van der Waals surface area contributed by atoms with Gasteiger partial charge in [-0.05, 0) is 49.0 Å². The van der Waals surface area contributed by atoms with Crippen molar-refractivity contribution in [3.05, 3.63) is 60.2 Å². The van der Waals surface area contributed by atoms with Gasteiger partial charge in [0, 0.05) is 37.7 Å². The normalized spacial score (nSPS) is 23.1. The third kappa shape index (κ3) is 4.13. The lowest BCUT2D eigenvalue weighted by molar-refractivity contribution is 0.0779. The molecule has 0 aromatic heterocycles. The summed E-state index contributed by atoms with van der Waals surface area (Å²) >= 11 is 0. The van der Waals surface area contributed by atoms with Crippen molar-refractivity contribution < 1.29 is 9.90 Å². The van der Waals surface area contributed by atoms with Crippen molar-refractivity contribution in [2.75, 3.05) is 39.3 Å². The second-order valence-corrected chi connectivity index (χ2v) is 8.19. The fraction of sp³-hybridized carbons (Fsp3) is 0.458. The van der Waals surface area contributed by atoms with Gasteiger partial charge in [-0.25, -0.2) is 0 Å². The lowest BCUT2D eigenvalue weighted by Crippen LogP contribution is -2.37. The van der Waals surface area contributed by atoms with E-state index in [4.69, 9.17) is 0 Å². The van der Waals surface area contributed by atoms with Crippen LogP contribution in [0.25, 0.3) is 11.1 Å². The highest BCUT2D eigenvalue weighted by molar-refractivity contribution is 6.01. The Balaban J connectivity index is 1.51. The third-order valence-electron chi connectivity index (χ3n) is 6.28. The standard InChI is InChI=1S/C24H30N2O2/c27-18-21-17-26(16-20(21)15-25-13-7-2-8-14-25)24(28)23-12-6-5-11-22(23)19-9-3-1-4-10-19/h1,3-6,9-12,20-21,27H,2,7-8,13-18H2/t20-,21-/m1/s1. The maximum atomic E-state index is 13.4. The number of carbonyl (C=O) groups excluding carboxylic acids is 1. The highest BCUT2D eigenvalue weighted by Gasteiger charge is 2.36. The number of benzene rings is 2. The van der Waals surface area contributed by atoms with E-state index in [0.717, 1.165) is 42.9 Å². The van der Waals surface area contributed by atoms with Gasteiger partial charge in [-0.15, -0.1) is 0 Å². The molecule has 2 atom stereocenters. The van der Waals surface area contributed by atoms with Crippen LogP contribution in [-0.4, -0.2) is 60.1 Å². The number of nitrogens with zero attached hydrogens (tertiary/aromatic N) is 2. The van der Waals surface area contributed by atoms with E-state index < -0.39 is 0 Å². The molecule has 2 heterocycles. The van der Waals surface area contributed by atoms with Crippen LogP contribution in [0.4, 0.5) is 0 Å². The van der Waals surface area contributed by atoms with Gasteiger partial charge in [-0.3, -0.25) is 4.79 Å². The molecule has 2 aromatic rings. The number of carbonyl (C=O) groups is 1. The lowest BCUT2D eigenvalue weighted by Gasteiger charge is -2.30. The summed E-state index contributed by atoms with van der Waals surface area (Å²) in [6.07, 6.45) is 3.86. The smallest absolute Gasteiger partial charge is 0.254 e. The lowest BCUT2D eigenvalue weighted by atomic mass is 9.95. The zero-order chi connectivity index (χ0) is 19.3. The molecule has 4 nitrogen and oxygen atoms in total. The monoisotopic (exact) mass is 378 g/mol. The number of aliphatic hydroxyl groups excluding tert-OH is 1. The Labute approximate surface area is 167 Å². The van der Waals surface area contributed by atoms with Gasteiger partial charge >= 0.3 is 0 Å². The molecular weight excluding hydrogens is 348 g/mol. The van der Waals surface area contributed by atoms with E-state index in [9.17, 15) is 9.90 Å². The topological polar surface area (TPSA) is 43.8 Å². The summed E-state index contributed by atoms with van der Waals surface area (Å²) in [6, 6.07) is 18.0. The Hall–Kier alpha value is -2.17. The fourth-order valence-electron chi connectivity index (χ4n) is 4.70. The second kappa shape index (κ2) is 8.89. The van der Waals surface area contributed by atoms with E-state index in [-0.39, 0.29) is 18.4 Å². The summed E-state index contributed by atoms with van der Waals surface area (Å²) in [7, 11) is 0. The number of amides is 1. The molecule has 0 unspecified atom stereocenters. The van der Waals surface area contributed by atoms with Crippen molar-refractivity contribution in [1.82, 2.24) is 9.80 Å². The maximum absolute atomic E-state index is 13.4. The highest BCUT2D eigenvalue weighted by atomic mass is 16.3. The Morgan fingerprint density at radius 2 is 1.57 bits per heavy atom. The molecule has 0 saturated carbocycles. The largest absolute Gasteiger partial charge is 0.396 e. The van der Waals surface area contributed by atoms with Gasteiger partial charge in [-0.1, -0.05) is 55.0 Å². The van der Waals surface area contributed by atoms with Crippen molar-refractivity contribution in [1.29, 1.82) is 0 Å². The molecule has 148 valence electrons. The third-order valence-corrected chi connectivity index (χ3v) is 6.28. The zero-order valence-electron chi connectivity index (χ0n) is 16.5. The van der Waals surface area contributed by atoms with E-state index in [1.54, 1.807) is 0 Å². The maximum Gasteiger partial charge on any atom is 0.254 e. The summed E-state index contributed by atoms with van der Waals surface area (Å²) in [5, 5.41) is 9.91. The fourth-order valence-corrected chi connectivity index (χ4v) is 4.70. The first-order chi connectivity index (χ1) is 13.8. The molecule has 2 fully saturated rings. The predicted molar refractivity (Wildman–Crippen MR) is 112 cm³/mol. The molecule has 0 bridgehead atoms. The van der Waals surface area contributed by atoms with Gasteiger partial charge in [0.15, 0.2) is 0 Å². The Kier molecular flexibility index (Phi) is 6.08. The zero-order valence-corrected chi connectivity index (χ0v) is 16.5. The van der Waals surface area contributed by atoms with Crippen LogP contribution in [0.3, 0.4) is 0 Å². The predicted octanol–water partition coefficient (Wildman–Crippen LogP) is 3.52. The molecule has 0 radical (unpaired) electrons. The number of likely N-dealkylation sites (tertiary alicyclic amines) is 2. The average Bonchev–Trinajstić information content (AvgIpc) is 3.17. The van der Waals surface area contributed by atoms with E-state index in [2.05, 4.69) is 4.90 Å². The molecule has 0 spiro atoms. The molecule has 2 aromatic carbocycles. The molecule has 2 aliphatic rings. The molecule has 0 aliphatic carbocycles. The van der Waals surface area contributed by atoms with Gasteiger partial charge in [0.05, 0.1) is 0 Å². The van der Waals surface area contributed by atoms with Crippen LogP contribution in [-0.2, 0) is 0 Å². The minimum absolute atomic E-state index is 0.0825. The molecule has 2 saturated heterocycles. The van der Waals surface area contributed by atoms with Crippen LogP contribution in [0.15, 0.2) is 54.6 Å². The second-order valence-electron chi connectivity index (χ2n) is 8.19. The minimum Gasteiger partial charge on any atom is -0.396 e. The van der Waals surface area contributed by atoms with Gasteiger partial charge < -0.3 is 14.9 Å². The average molecular weight is 379 g/mol. The molecular formula is C24H30N2O2. The Morgan fingerprint density at radius 1 is 0.893 bits per heavy atom. The summed E-state index contributed by atoms with van der Waals surface area (Å²) in [6.45, 7) is 4.84. The van der Waals surface area contributed by atoms with Crippen LogP contribution in [0.2, 0.25) is 0 Å². The van der Waals surface area contributed by atoms with Crippen LogP contribution in [0.5, 0.6) is 0 Å². The summed E-state index contributed by atoms with van der Waals surface area (Å²) in [5.74, 6) is 0.616. The van der Waals surface area contributed by atoms with Gasteiger partial charge in [0.1, 0.15) is 0 Å². The number of rotatable bonds is 5. The molecule has 1 N–H and O–H groups in total. The van der Waals surface area contributed by atoms with Crippen molar-refractivity contribution in [2.24, 2.45) is 11.8 Å². The van der Waals surface area contributed by atoms with Crippen molar-refractivity contribution in [3.63, 3.8) is 0 Å². The SMILES string of the molecule is O=C(c1ccccc1-c1ccccc1)N1C[C@@H](CN2CCCCC2)[C@@H](CO)C1. The summed E-state index contributed by atoms with van der Waals surface area (Å²) in [4.78, 5) is 17.8. The van der Waals surface area contributed by atoms with Crippen molar-refractivity contribution in [2.45, 2.75) is 19.3 Å². The van der Waals surface area contributed by atoms with E-state index in [0.29, 0.717) is 12.5 Å². The van der Waals surface area contributed by atoms with E-state index in [1.807, 2.05) is 59.5 Å². The van der Waals surface area contributed by atoms with E-state index in [1.165, 1.54) is 19.3 Å². The summed E-state index contributed by atoms with van der Waals surface area (Å²) < 4.78 is 0. The van der Waals surface area contributed by atoms with Gasteiger partial charge in [0.25, 0.3) is 5.91 Å². The van der Waals surface area contributed by atoms with Crippen LogP contribution >= 0.6 is 0 Å². The quantitative estimate of drug-likeness (QED) is 0.866. The number of aliphatic hydroxyl groups is 1. The number of hydrogen-bond acceptors (Lipinski definition) is 3. The summed E-state index contributed by atoms with van der Waals surface area (Å²) in [5.41, 5.74) is 2.80. The molecule has 4 heteroatoms. The Bertz CT molecular complexity index is 786. The molecule has 2 aliphatic heterocycles. The molecule has 4 rings (SSSR count). The number of piperidine rings is 1. The molecule has 1 amide bonds. The van der Waals surface area contributed by atoms with Crippen LogP contribution in [0.1, 0.15) is 29.6 Å². The molecule has 28 heavy (non-hydrogen) atoms. The first-order valence-corrected chi connectivity index (χ1v) is 10.5. The first-order valence-electron chi connectivity index (χ1n) is 10.5. The van der Waals surface area contributed by atoms with Crippen molar-refractivity contribution >= 4 is 5.91 Å².